The summed E-state index contributed by atoms with van der Waals surface area (Å²) in [5.74, 6) is 0.619. The highest BCUT2D eigenvalue weighted by atomic mass is 16.5. The number of esters is 1. The van der Waals surface area contributed by atoms with Crippen molar-refractivity contribution >= 4 is 11.9 Å². The van der Waals surface area contributed by atoms with Crippen LogP contribution in [0.2, 0.25) is 0 Å². The summed E-state index contributed by atoms with van der Waals surface area (Å²) in [6.45, 7) is 2.71. The summed E-state index contributed by atoms with van der Waals surface area (Å²) in [6, 6.07) is 4.38. The maximum Gasteiger partial charge on any atom is 0.302 e. The number of carbonyl (C=O) groups is 2. The molecule has 2 aromatic carbocycles. The second-order valence-electron chi connectivity index (χ2n) is 7.78. The fourth-order valence-electron chi connectivity index (χ4n) is 4.41. The Morgan fingerprint density at radius 3 is 2.21 bits per heavy atom. The SMILES string of the molecule is COc1c(COC(C)=O)c2c(c(OC)c1OC)-c1ccc(OC)c(=O)cc1[C@@H](NC(C)=O)CC2. The topological polar surface area (TPSA) is 109 Å². The van der Waals surface area contributed by atoms with E-state index in [0.717, 1.165) is 5.56 Å². The number of hydrogen-bond donors (Lipinski definition) is 1. The van der Waals surface area contributed by atoms with Crippen LogP contribution in [0.25, 0.3) is 11.1 Å². The van der Waals surface area contributed by atoms with Crippen molar-refractivity contribution in [1.82, 2.24) is 5.32 Å². The first kappa shape index (κ1) is 24.9. The minimum absolute atomic E-state index is 0.0452. The number of benzene rings is 1. The van der Waals surface area contributed by atoms with E-state index in [2.05, 4.69) is 5.32 Å². The lowest BCUT2D eigenvalue weighted by Gasteiger charge is -2.23. The molecule has 1 N–H and O–H groups in total. The van der Waals surface area contributed by atoms with Crippen LogP contribution >= 0.6 is 0 Å². The van der Waals surface area contributed by atoms with Gasteiger partial charge in [0.1, 0.15) is 6.61 Å². The van der Waals surface area contributed by atoms with E-state index in [1.807, 2.05) is 0 Å². The van der Waals surface area contributed by atoms with Crippen LogP contribution in [-0.4, -0.2) is 40.3 Å². The lowest BCUT2D eigenvalue weighted by Crippen LogP contribution is -2.26. The van der Waals surface area contributed by atoms with E-state index < -0.39 is 12.0 Å². The van der Waals surface area contributed by atoms with Crippen molar-refractivity contribution in [2.45, 2.75) is 39.3 Å². The molecule has 0 bridgehead atoms. The summed E-state index contributed by atoms with van der Waals surface area (Å²) in [5, 5.41) is 2.95. The Kier molecular flexibility index (Phi) is 7.65. The second-order valence-corrected chi connectivity index (χ2v) is 7.78. The number of carbonyl (C=O) groups excluding carboxylic acids is 2. The molecule has 9 nitrogen and oxygen atoms in total. The molecule has 1 amide bonds. The average Bonchev–Trinajstić information content (AvgIpc) is 3.05. The minimum Gasteiger partial charge on any atom is -0.493 e. The highest BCUT2D eigenvalue weighted by Crippen LogP contribution is 2.52. The van der Waals surface area contributed by atoms with Gasteiger partial charge < -0.3 is 29.0 Å². The molecular formula is C25H29NO8. The molecule has 34 heavy (non-hydrogen) atoms. The number of methoxy groups -OCH3 is 4. The van der Waals surface area contributed by atoms with Crippen LogP contribution in [0.1, 0.15) is 43.0 Å². The largest absolute Gasteiger partial charge is 0.493 e. The normalized spacial score (nSPS) is 14.1. The standard InChI is InChI=1S/C25H29NO8/c1-13(27)26-19-9-7-16-18(12-34-14(2)28)23(31-4)25(33-6)24(32-5)22(16)15-8-10-21(30-3)20(29)11-17(15)19/h8,10-11,19H,7,9,12H2,1-6H3,(H,26,27)/t19-/m0/s1. The van der Waals surface area contributed by atoms with Gasteiger partial charge in [-0.1, -0.05) is 6.07 Å². The van der Waals surface area contributed by atoms with Crippen molar-refractivity contribution < 1.29 is 33.3 Å². The second kappa shape index (κ2) is 10.5. The van der Waals surface area contributed by atoms with Crippen LogP contribution in [-0.2, 0) is 27.4 Å². The molecule has 0 spiro atoms. The molecule has 0 aromatic heterocycles. The summed E-state index contributed by atoms with van der Waals surface area (Å²) in [7, 11) is 5.93. The van der Waals surface area contributed by atoms with Gasteiger partial charge >= 0.3 is 5.97 Å². The third kappa shape index (κ3) is 4.64. The Bertz CT molecular complexity index is 1170. The summed E-state index contributed by atoms with van der Waals surface area (Å²) in [5.41, 5.74) is 3.06. The highest BCUT2D eigenvalue weighted by molar-refractivity contribution is 5.85. The van der Waals surface area contributed by atoms with E-state index in [4.69, 9.17) is 23.7 Å². The molecule has 0 aliphatic heterocycles. The zero-order valence-electron chi connectivity index (χ0n) is 20.2. The first-order chi connectivity index (χ1) is 16.3. The molecule has 0 heterocycles. The molecule has 1 atom stereocenters. The number of hydrogen-bond acceptors (Lipinski definition) is 8. The summed E-state index contributed by atoms with van der Waals surface area (Å²) < 4.78 is 27.7. The first-order valence-corrected chi connectivity index (χ1v) is 10.7. The fraction of sp³-hybridized carbons (Fsp3) is 0.400. The molecule has 0 saturated heterocycles. The first-order valence-electron chi connectivity index (χ1n) is 10.7. The number of ether oxygens (including phenoxy) is 5. The quantitative estimate of drug-likeness (QED) is 0.614. The van der Waals surface area contributed by atoms with Crippen molar-refractivity contribution in [2.24, 2.45) is 0 Å². The van der Waals surface area contributed by atoms with Gasteiger partial charge in [0.2, 0.25) is 17.1 Å². The molecule has 0 radical (unpaired) electrons. The fourth-order valence-corrected chi connectivity index (χ4v) is 4.41. The Morgan fingerprint density at radius 2 is 1.65 bits per heavy atom. The monoisotopic (exact) mass is 471 g/mol. The predicted molar refractivity (Wildman–Crippen MR) is 125 cm³/mol. The molecule has 9 heteroatoms. The number of fused-ring (bicyclic) bond motifs is 3. The highest BCUT2D eigenvalue weighted by Gasteiger charge is 2.33. The van der Waals surface area contributed by atoms with E-state index >= 15 is 0 Å². The number of amides is 1. The van der Waals surface area contributed by atoms with Crippen molar-refractivity contribution in [3.05, 3.63) is 45.1 Å². The van der Waals surface area contributed by atoms with Crippen LogP contribution in [0.4, 0.5) is 0 Å². The molecule has 0 unspecified atom stereocenters. The Balaban J connectivity index is 2.48. The van der Waals surface area contributed by atoms with E-state index in [9.17, 15) is 14.4 Å². The van der Waals surface area contributed by atoms with Crippen LogP contribution in [0.5, 0.6) is 23.0 Å². The van der Waals surface area contributed by atoms with Gasteiger partial charge in [0.05, 0.1) is 34.5 Å². The van der Waals surface area contributed by atoms with Gasteiger partial charge in [0.25, 0.3) is 0 Å². The molecule has 1 aliphatic rings. The Hall–Kier alpha value is -3.75. The van der Waals surface area contributed by atoms with Crippen molar-refractivity contribution in [2.75, 3.05) is 28.4 Å². The summed E-state index contributed by atoms with van der Waals surface area (Å²) in [6.07, 6.45) is 0.967. The molecule has 0 saturated carbocycles. The van der Waals surface area contributed by atoms with Gasteiger partial charge in [0, 0.05) is 25.0 Å². The Labute approximate surface area is 197 Å². The lowest BCUT2D eigenvalue weighted by molar-refractivity contribution is -0.142. The van der Waals surface area contributed by atoms with Gasteiger partial charge in [-0.25, -0.2) is 0 Å². The molecule has 2 aromatic rings. The third-order valence-electron chi connectivity index (χ3n) is 5.78. The molecule has 3 rings (SSSR count). The van der Waals surface area contributed by atoms with Crippen LogP contribution in [0.3, 0.4) is 0 Å². The van der Waals surface area contributed by atoms with Gasteiger partial charge in [-0.05, 0) is 41.7 Å². The van der Waals surface area contributed by atoms with E-state index in [0.29, 0.717) is 52.3 Å². The predicted octanol–water partition coefficient (Wildman–Crippen LogP) is 2.93. The number of rotatable bonds is 7. The maximum absolute atomic E-state index is 12.8. The summed E-state index contributed by atoms with van der Waals surface area (Å²) in [4.78, 5) is 36.5. The van der Waals surface area contributed by atoms with Crippen molar-refractivity contribution in [3.63, 3.8) is 0 Å². The van der Waals surface area contributed by atoms with Crippen molar-refractivity contribution in [1.29, 1.82) is 0 Å². The van der Waals surface area contributed by atoms with Gasteiger partial charge in [-0.2, -0.15) is 0 Å². The van der Waals surface area contributed by atoms with E-state index in [1.54, 1.807) is 12.1 Å². The summed E-state index contributed by atoms with van der Waals surface area (Å²) >= 11 is 0. The average molecular weight is 472 g/mol. The van der Waals surface area contributed by atoms with E-state index in [1.165, 1.54) is 48.4 Å². The smallest absolute Gasteiger partial charge is 0.302 e. The lowest BCUT2D eigenvalue weighted by atomic mass is 9.91. The number of nitrogens with one attached hydrogen (secondary N) is 1. The molecule has 1 aliphatic carbocycles. The zero-order valence-corrected chi connectivity index (χ0v) is 20.2. The zero-order chi connectivity index (χ0) is 25.0. The maximum atomic E-state index is 12.8. The molecule has 182 valence electrons. The Morgan fingerprint density at radius 1 is 0.971 bits per heavy atom. The van der Waals surface area contributed by atoms with Gasteiger partial charge in [-0.15, -0.1) is 0 Å². The van der Waals surface area contributed by atoms with Crippen molar-refractivity contribution in [3.8, 4) is 34.1 Å². The van der Waals surface area contributed by atoms with E-state index in [-0.39, 0.29) is 23.7 Å². The molecule has 0 fully saturated rings. The van der Waals surface area contributed by atoms with Gasteiger partial charge in [-0.3, -0.25) is 14.4 Å². The third-order valence-corrected chi connectivity index (χ3v) is 5.78. The van der Waals surface area contributed by atoms with Crippen LogP contribution in [0.15, 0.2) is 23.0 Å². The minimum atomic E-state index is -0.451. The van der Waals surface area contributed by atoms with Crippen LogP contribution in [0, 0.1) is 0 Å². The van der Waals surface area contributed by atoms with Gasteiger partial charge in [0.15, 0.2) is 17.2 Å². The van der Waals surface area contributed by atoms with Crippen LogP contribution < -0.4 is 29.7 Å². The molecular weight excluding hydrogens is 442 g/mol.